The van der Waals surface area contributed by atoms with Crippen LogP contribution in [0.2, 0.25) is 0 Å². The van der Waals surface area contributed by atoms with Crippen molar-refractivity contribution in [1.82, 2.24) is 20.5 Å². The highest BCUT2D eigenvalue weighted by Crippen LogP contribution is 2.21. The maximum atomic E-state index is 13.3. The van der Waals surface area contributed by atoms with E-state index in [1.54, 1.807) is 24.2 Å². The van der Waals surface area contributed by atoms with E-state index in [1.807, 2.05) is 36.6 Å². The smallest absolute Gasteiger partial charge is 0.328 e. The van der Waals surface area contributed by atoms with Crippen LogP contribution in [-0.4, -0.2) is 77.7 Å². The Labute approximate surface area is 257 Å². The Morgan fingerprint density at radius 3 is 2.45 bits per heavy atom. The Bertz CT molecular complexity index is 1290. The first-order chi connectivity index (χ1) is 20.3. The average Bonchev–Trinajstić information content (AvgIpc) is 3.01. The van der Waals surface area contributed by atoms with Gasteiger partial charge in [0, 0.05) is 36.4 Å². The van der Waals surface area contributed by atoms with Crippen molar-refractivity contribution in [2.75, 3.05) is 38.0 Å². The fourth-order valence-electron chi connectivity index (χ4n) is 4.69. The molecule has 3 aromatic rings. The molecule has 2 aromatic carbocycles. The van der Waals surface area contributed by atoms with Crippen LogP contribution in [0.3, 0.4) is 0 Å². The van der Waals surface area contributed by atoms with Gasteiger partial charge in [0.25, 0.3) is 0 Å². The van der Waals surface area contributed by atoms with Gasteiger partial charge in [0.05, 0.1) is 19.4 Å². The first-order valence-corrected chi connectivity index (χ1v) is 16.6. The Kier molecular flexibility index (Phi) is 14.1. The van der Waals surface area contributed by atoms with Crippen molar-refractivity contribution < 1.29 is 19.1 Å². The molecule has 0 aliphatic carbocycles. The molecule has 0 aliphatic heterocycles. The van der Waals surface area contributed by atoms with Crippen LogP contribution in [0.25, 0.3) is 10.8 Å². The van der Waals surface area contributed by atoms with Crippen LogP contribution in [0.5, 0.6) is 0 Å². The van der Waals surface area contributed by atoms with E-state index >= 15 is 0 Å². The summed E-state index contributed by atoms with van der Waals surface area (Å²) < 4.78 is 4.94. The van der Waals surface area contributed by atoms with Gasteiger partial charge in [-0.15, -0.1) is 11.8 Å². The summed E-state index contributed by atoms with van der Waals surface area (Å²) in [5, 5.41) is 8.37. The second-order valence-electron chi connectivity index (χ2n) is 10.3. The van der Waals surface area contributed by atoms with Gasteiger partial charge in [0.1, 0.15) is 6.04 Å². The molecule has 0 spiro atoms. The minimum absolute atomic E-state index is 0.0560. The monoisotopic (exact) mass is 610 g/mol. The van der Waals surface area contributed by atoms with E-state index in [-0.39, 0.29) is 36.1 Å². The average molecular weight is 611 g/mol. The summed E-state index contributed by atoms with van der Waals surface area (Å²) in [5.74, 6) is 0.432. The van der Waals surface area contributed by atoms with Crippen LogP contribution in [0, 0.1) is 5.92 Å². The van der Waals surface area contributed by atoms with Gasteiger partial charge in [-0.3, -0.25) is 19.5 Å². The molecule has 10 heteroatoms. The Balaban J connectivity index is 1.80. The number of amides is 2. The molecule has 8 nitrogen and oxygen atoms in total. The highest BCUT2D eigenvalue weighted by Gasteiger charge is 2.26. The van der Waals surface area contributed by atoms with Crippen LogP contribution in [0.1, 0.15) is 32.3 Å². The maximum absolute atomic E-state index is 13.3. The number of benzene rings is 2. The highest BCUT2D eigenvalue weighted by molar-refractivity contribution is 8.00. The summed E-state index contributed by atoms with van der Waals surface area (Å²) in [4.78, 5) is 45.8. The first kappa shape index (κ1) is 33.4. The molecule has 226 valence electrons. The van der Waals surface area contributed by atoms with Crippen molar-refractivity contribution in [3.63, 3.8) is 0 Å². The van der Waals surface area contributed by atoms with Crippen molar-refractivity contribution in [3.05, 3.63) is 72.6 Å². The van der Waals surface area contributed by atoms with E-state index in [9.17, 15) is 14.4 Å². The van der Waals surface area contributed by atoms with Gasteiger partial charge in [-0.2, -0.15) is 11.8 Å². The summed E-state index contributed by atoms with van der Waals surface area (Å²) >= 11 is 3.08. The van der Waals surface area contributed by atoms with E-state index in [1.165, 1.54) is 18.9 Å². The van der Waals surface area contributed by atoms with Crippen LogP contribution in [0.4, 0.5) is 0 Å². The van der Waals surface area contributed by atoms with Crippen LogP contribution < -0.4 is 10.6 Å². The molecule has 0 saturated carbocycles. The number of methoxy groups -OCH3 is 1. The summed E-state index contributed by atoms with van der Waals surface area (Å²) in [7, 11) is 1.33. The zero-order valence-electron chi connectivity index (χ0n) is 24.9. The van der Waals surface area contributed by atoms with Gasteiger partial charge in [-0.1, -0.05) is 62.7 Å². The SMILES string of the molecule is CC[C@H](C)[C@@H](CN(CC(=O)N[C@@H](CCSC)C(=O)OC)Cc1cccc2ccccc12)NC(=O)CSc1ccncc1. The number of thioether (sulfide) groups is 2. The number of nitrogens with zero attached hydrogens (tertiary/aromatic N) is 2. The van der Waals surface area contributed by atoms with E-state index in [0.717, 1.165) is 33.4 Å². The molecule has 0 fully saturated rings. The molecule has 3 rings (SSSR count). The van der Waals surface area contributed by atoms with Crippen molar-refractivity contribution in [3.8, 4) is 0 Å². The summed E-state index contributed by atoms with van der Waals surface area (Å²) in [6.07, 6.45) is 6.74. The fourth-order valence-corrected chi connectivity index (χ4v) is 5.86. The third kappa shape index (κ3) is 10.6. The van der Waals surface area contributed by atoms with Gasteiger partial charge in [0.15, 0.2) is 0 Å². The topological polar surface area (TPSA) is 101 Å². The largest absolute Gasteiger partial charge is 0.467 e. The molecule has 0 radical (unpaired) electrons. The molecule has 0 aliphatic rings. The van der Waals surface area contributed by atoms with Crippen molar-refractivity contribution in [1.29, 1.82) is 0 Å². The highest BCUT2D eigenvalue weighted by atomic mass is 32.2. The standard InChI is InChI=1S/C32H42N4O4S2/c1-5-23(2)29(35-31(38)22-42-26-13-16-33-17-14-26)20-36(19-25-11-8-10-24-9-6-7-12-27(24)25)21-30(37)34-28(15-18-41-4)32(39)40-3/h6-14,16-17,23,28-29H,5,15,18-22H2,1-4H3,(H,34,37)(H,35,38)/t23-,28-,29+/m0/s1. The van der Waals surface area contributed by atoms with Crippen LogP contribution in [0.15, 0.2) is 71.9 Å². The predicted octanol–water partition coefficient (Wildman–Crippen LogP) is 4.77. The Morgan fingerprint density at radius 1 is 1.00 bits per heavy atom. The molecular formula is C32H42N4O4S2. The Morgan fingerprint density at radius 2 is 1.74 bits per heavy atom. The maximum Gasteiger partial charge on any atom is 0.328 e. The number of carbonyl (C=O) groups excluding carboxylic acids is 3. The number of carbonyl (C=O) groups is 3. The second kappa shape index (κ2) is 17.8. The first-order valence-electron chi connectivity index (χ1n) is 14.2. The molecule has 0 unspecified atom stereocenters. The van der Waals surface area contributed by atoms with Gasteiger partial charge in [-0.05, 0) is 52.8 Å². The van der Waals surface area contributed by atoms with Gasteiger partial charge < -0.3 is 15.4 Å². The number of pyridine rings is 1. The quantitative estimate of drug-likeness (QED) is 0.167. The van der Waals surface area contributed by atoms with E-state index < -0.39 is 12.0 Å². The predicted molar refractivity (Wildman–Crippen MR) is 173 cm³/mol. The van der Waals surface area contributed by atoms with Gasteiger partial charge >= 0.3 is 5.97 Å². The molecule has 1 aromatic heterocycles. The summed E-state index contributed by atoms with van der Waals surface area (Å²) in [6.45, 7) is 5.28. The lowest BCUT2D eigenvalue weighted by molar-refractivity contribution is -0.145. The Hall–Kier alpha value is -3.08. The fraction of sp³-hybridized carbons (Fsp3) is 0.438. The lowest BCUT2D eigenvalue weighted by Crippen LogP contribution is -2.51. The number of esters is 1. The summed E-state index contributed by atoms with van der Waals surface area (Å²) in [5.41, 5.74) is 1.09. The molecule has 2 N–H and O–H groups in total. The lowest BCUT2D eigenvalue weighted by Gasteiger charge is -2.31. The zero-order valence-corrected chi connectivity index (χ0v) is 26.5. The zero-order chi connectivity index (χ0) is 30.3. The number of aromatic nitrogens is 1. The minimum atomic E-state index is -0.704. The molecule has 3 atom stereocenters. The molecule has 2 amide bonds. The summed E-state index contributed by atoms with van der Waals surface area (Å²) in [6, 6.07) is 17.3. The number of hydrogen-bond donors (Lipinski definition) is 2. The van der Waals surface area contributed by atoms with E-state index in [2.05, 4.69) is 58.6 Å². The van der Waals surface area contributed by atoms with Gasteiger partial charge in [-0.25, -0.2) is 4.79 Å². The number of nitrogens with one attached hydrogen (secondary N) is 2. The lowest BCUT2D eigenvalue weighted by atomic mass is 9.97. The molecule has 1 heterocycles. The number of hydrogen-bond acceptors (Lipinski definition) is 8. The second-order valence-corrected chi connectivity index (χ2v) is 12.3. The van der Waals surface area contributed by atoms with Crippen molar-refractivity contribution in [2.24, 2.45) is 5.92 Å². The molecule has 0 bridgehead atoms. The van der Waals surface area contributed by atoms with Crippen LogP contribution in [-0.2, 0) is 25.7 Å². The van der Waals surface area contributed by atoms with Crippen LogP contribution >= 0.6 is 23.5 Å². The normalized spacial score (nSPS) is 13.4. The third-order valence-corrected chi connectivity index (χ3v) is 8.88. The van der Waals surface area contributed by atoms with Crippen molar-refractivity contribution in [2.45, 2.75) is 50.2 Å². The third-order valence-electron chi connectivity index (χ3n) is 7.22. The van der Waals surface area contributed by atoms with E-state index in [0.29, 0.717) is 19.5 Å². The van der Waals surface area contributed by atoms with E-state index in [4.69, 9.17) is 4.74 Å². The minimum Gasteiger partial charge on any atom is -0.467 e. The van der Waals surface area contributed by atoms with Crippen molar-refractivity contribution >= 4 is 52.1 Å². The number of fused-ring (bicyclic) bond motifs is 1. The number of ether oxygens (including phenoxy) is 1. The number of rotatable bonds is 17. The molecule has 0 saturated heterocycles. The molecule has 42 heavy (non-hydrogen) atoms. The molecular weight excluding hydrogens is 569 g/mol. The van der Waals surface area contributed by atoms with Gasteiger partial charge in [0.2, 0.25) is 11.8 Å².